The molecule has 4 rings (SSSR count). The van der Waals surface area contributed by atoms with E-state index in [1.54, 1.807) is 0 Å². The second-order valence-corrected chi connectivity index (χ2v) is 6.57. The van der Waals surface area contributed by atoms with Crippen LogP contribution in [0.25, 0.3) is 0 Å². The van der Waals surface area contributed by atoms with Crippen LogP contribution in [0.5, 0.6) is 11.5 Å². The molecule has 1 aliphatic heterocycles. The Morgan fingerprint density at radius 3 is 2.96 bits per heavy atom. The van der Waals surface area contributed by atoms with Crippen LogP contribution < -0.4 is 20.1 Å². The van der Waals surface area contributed by atoms with Crippen molar-refractivity contribution in [1.82, 2.24) is 10.6 Å². The lowest BCUT2D eigenvalue weighted by atomic mass is 9.88. The van der Waals surface area contributed by atoms with Crippen molar-refractivity contribution in [1.29, 1.82) is 0 Å². The number of rotatable bonds is 3. The molecule has 2 aromatic carbocycles. The molecule has 0 fully saturated rings. The summed E-state index contributed by atoms with van der Waals surface area (Å²) in [6.45, 7) is 0.962. The van der Waals surface area contributed by atoms with E-state index in [9.17, 15) is 0 Å². The van der Waals surface area contributed by atoms with Gasteiger partial charge in [0.1, 0.15) is 0 Å². The first-order valence-corrected chi connectivity index (χ1v) is 8.71. The molecule has 1 heterocycles. The predicted octanol–water partition coefficient (Wildman–Crippen LogP) is 3.46. The maximum Gasteiger partial charge on any atom is 0.231 e. The Morgan fingerprint density at radius 2 is 2.00 bits per heavy atom. The van der Waals surface area contributed by atoms with Crippen LogP contribution in [0.3, 0.4) is 0 Å². The van der Waals surface area contributed by atoms with Crippen molar-refractivity contribution >= 4 is 17.3 Å². The Hall–Kier alpha value is -2.27. The van der Waals surface area contributed by atoms with E-state index in [1.165, 1.54) is 17.5 Å². The van der Waals surface area contributed by atoms with E-state index in [0.29, 0.717) is 24.5 Å². The highest BCUT2D eigenvalue weighted by Crippen LogP contribution is 2.32. The van der Waals surface area contributed by atoms with E-state index in [4.69, 9.17) is 21.7 Å². The number of hydrogen-bond acceptors (Lipinski definition) is 3. The molecule has 4 nitrogen and oxygen atoms in total. The average molecular weight is 340 g/mol. The van der Waals surface area contributed by atoms with Gasteiger partial charge < -0.3 is 20.1 Å². The van der Waals surface area contributed by atoms with Gasteiger partial charge in [0.05, 0.1) is 6.04 Å². The Kier molecular flexibility index (Phi) is 4.26. The number of thiocarbonyl (C=S) groups is 1. The molecule has 124 valence electrons. The van der Waals surface area contributed by atoms with E-state index in [-0.39, 0.29) is 0 Å². The normalized spacial score (nSPS) is 17.9. The number of aryl methyl sites for hydroxylation is 1. The number of fused-ring (bicyclic) bond motifs is 2. The van der Waals surface area contributed by atoms with Gasteiger partial charge in [-0.3, -0.25) is 0 Å². The molecule has 0 aromatic heterocycles. The number of nitrogens with one attached hydrogen (secondary N) is 2. The fourth-order valence-electron chi connectivity index (χ4n) is 3.35. The van der Waals surface area contributed by atoms with Crippen molar-refractivity contribution in [2.45, 2.75) is 31.8 Å². The zero-order valence-electron chi connectivity index (χ0n) is 13.4. The lowest BCUT2D eigenvalue weighted by Gasteiger charge is -2.27. The van der Waals surface area contributed by atoms with Gasteiger partial charge >= 0.3 is 0 Å². The summed E-state index contributed by atoms with van der Waals surface area (Å²) in [6, 6.07) is 14.9. The van der Waals surface area contributed by atoms with Crippen molar-refractivity contribution in [3.63, 3.8) is 0 Å². The van der Waals surface area contributed by atoms with E-state index < -0.39 is 0 Å². The van der Waals surface area contributed by atoms with Crippen LogP contribution in [0.2, 0.25) is 0 Å². The van der Waals surface area contributed by atoms with Crippen LogP contribution in [-0.2, 0) is 13.0 Å². The van der Waals surface area contributed by atoms with Gasteiger partial charge in [0, 0.05) is 6.54 Å². The van der Waals surface area contributed by atoms with Crippen LogP contribution in [0, 0.1) is 0 Å². The van der Waals surface area contributed by atoms with Gasteiger partial charge in [-0.25, -0.2) is 0 Å². The lowest BCUT2D eigenvalue weighted by Crippen LogP contribution is -2.38. The molecular weight excluding hydrogens is 320 g/mol. The Labute approximate surface area is 147 Å². The summed E-state index contributed by atoms with van der Waals surface area (Å²) in [5.74, 6) is 1.60. The highest BCUT2D eigenvalue weighted by atomic mass is 32.1. The van der Waals surface area contributed by atoms with E-state index >= 15 is 0 Å². The van der Waals surface area contributed by atoms with Gasteiger partial charge in [-0.1, -0.05) is 30.3 Å². The van der Waals surface area contributed by atoms with Crippen molar-refractivity contribution in [3.05, 3.63) is 59.2 Å². The largest absolute Gasteiger partial charge is 0.454 e. The Bertz CT molecular complexity index is 763. The second-order valence-electron chi connectivity index (χ2n) is 6.16. The number of ether oxygens (including phenoxy) is 2. The standard InChI is InChI=1S/C19H20N2O2S/c24-19(20-11-13-8-9-17-18(10-13)23-12-22-17)21-16-7-3-5-14-4-1-2-6-15(14)16/h1-2,4,6,8-10,16H,3,5,7,11-12H2,(H2,20,21,24)/t16-/m1/s1. The van der Waals surface area contributed by atoms with Crippen LogP contribution in [0.1, 0.15) is 35.6 Å². The minimum atomic E-state index is 0.298. The topological polar surface area (TPSA) is 42.5 Å². The summed E-state index contributed by atoms with van der Waals surface area (Å²) in [4.78, 5) is 0. The van der Waals surface area contributed by atoms with Gasteiger partial charge in [0.15, 0.2) is 16.6 Å². The van der Waals surface area contributed by atoms with Crippen molar-refractivity contribution in [3.8, 4) is 11.5 Å². The molecular formula is C19H20N2O2S. The monoisotopic (exact) mass is 340 g/mol. The summed E-state index contributed by atoms with van der Waals surface area (Å²) < 4.78 is 10.7. The molecule has 1 aliphatic carbocycles. The molecule has 24 heavy (non-hydrogen) atoms. The third-order valence-corrected chi connectivity index (χ3v) is 4.83. The summed E-state index contributed by atoms with van der Waals surface area (Å²) in [5.41, 5.74) is 3.92. The molecule has 0 amide bonds. The lowest BCUT2D eigenvalue weighted by molar-refractivity contribution is 0.174. The van der Waals surface area contributed by atoms with Crippen LogP contribution in [0.15, 0.2) is 42.5 Å². The van der Waals surface area contributed by atoms with Crippen LogP contribution in [0.4, 0.5) is 0 Å². The fourth-order valence-corrected chi connectivity index (χ4v) is 3.56. The van der Waals surface area contributed by atoms with Gasteiger partial charge in [0.2, 0.25) is 6.79 Å². The van der Waals surface area contributed by atoms with Gasteiger partial charge in [-0.05, 0) is 60.3 Å². The third-order valence-electron chi connectivity index (χ3n) is 4.56. The molecule has 0 saturated heterocycles. The minimum absolute atomic E-state index is 0.298. The first kappa shape index (κ1) is 15.3. The first-order valence-electron chi connectivity index (χ1n) is 8.30. The van der Waals surface area contributed by atoms with E-state index in [0.717, 1.165) is 29.9 Å². The maximum atomic E-state index is 5.48. The summed E-state index contributed by atoms with van der Waals surface area (Å²) in [7, 11) is 0. The number of benzene rings is 2. The van der Waals surface area contributed by atoms with Crippen molar-refractivity contribution in [2.75, 3.05) is 6.79 Å². The second kappa shape index (κ2) is 6.69. The molecule has 2 aromatic rings. The van der Waals surface area contributed by atoms with Crippen LogP contribution in [-0.4, -0.2) is 11.9 Å². The highest BCUT2D eigenvalue weighted by Gasteiger charge is 2.20. The minimum Gasteiger partial charge on any atom is -0.454 e. The zero-order chi connectivity index (χ0) is 16.4. The molecule has 5 heteroatoms. The maximum absolute atomic E-state index is 5.48. The van der Waals surface area contributed by atoms with Crippen molar-refractivity contribution < 1.29 is 9.47 Å². The summed E-state index contributed by atoms with van der Waals surface area (Å²) in [5, 5.41) is 7.44. The third kappa shape index (κ3) is 3.17. The van der Waals surface area contributed by atoms with Crippen molar-refractivity contribution in [2.24, 2.45) is 0 Å². The zero-order valence-corrected chi connectivity index (χ0v) is 14.2. The van der Waals surface area contributed by atoms with E-state index in [1.807, 2.05) is 18.2 Å². The predicted molar refractivity (Wildman–Crippen MR) is 97.3 cm³/mol. The SMILES string of the molecule is S=C(NCc1ccc2c(c1)OCO2)N[C@@H]1CCCc2ccccc21. The fraction of sp³-hybridized carbons (Fsp3) is 0.316. The summed E-state index contributed by atoms with van der Waals surface area (Å²) >= 11 is 5.48. The summed E-state index contributed by atoms with van der Waals surface area (Å²) in [6.07, 6.45) is 3.47. The Morgan fingerprint density at radius 1 is 1.12 bits per heavy atom. The first-order chi connectivity index (χ1) is 11.8. The average Bonchev–Trinajstić information content (AvgIpc) is 3.08. The highest BCUT2D eigenvalue weighted by molar-refractivity contribution is 7.80. The molecule has 0 bridgehead atoms. The van der Waals surface area contributed by atoms with E-state index in [2.05, 4.69) is 34.9 Å². The molecule has 2 N–H and O–H groups in total. The van der Waals surface area contributed by atoms with Gasteiger partial charge in [0.25, 0.3) is 0 Å². The number of hydrogen-bond donors (Lipinski definition) is 2. The quantitative estimate of drug-likeness (QED) is 0.838. The molecule has 0 radical (unpaired) electrons. The smallest absolute Gasteiger partial charge is 0.231 e. The van der Waals surface area contributed by atoms with Gasteiger partial charge in [-0.15, -0.1) is 0 Å². The molecule has 0 saturated carbocycles. The molecule has 0 spiro atoms. The molecule has 0 unspecified atom stereocenters. The molecule has 1 atom stereocenters. The molecule has 2 aliphatic rings. The Balaban J connectivity index is 1.36. The van der Waals surface area contributed by atoms with Crippen LogP contribution >= 0.6 is 12.2 Å². The van der Waals surface area contributed by atoms with Gasteiger partial charge in [-0.2, -0.15) is 0 Å².